The van der Waals surface area contributed by atoms with E-state index >= 15 is 0 Å². The summed E-state index contributed by atoms with van der Waals surface area (Å²) in [5.74, 6) is 0.387. The number of carbonyl (C=O) groups excluding carboxylic acids is 1. The van der Waals surface area contributed by atoms with Gasteiger partial charge in [0.15, 0.2) is 0 Å². The third-order valence-electron chi connectivity index (χ3n) is 2.53. The van der Waals surface area contributed by atoms with E-state index in [9.17, 15) is 4.79 Å². The van der Waals surface area contributed by atoms with Gasteiger partial charge in [0, 0.05) is 12.4 Å². The molecule has 2 rings (SSSR count). The Morgan fingerprint density at radius 3 is 2.67 bits per heavy atom. The number of hydrogen-bond donors (Lipinski definition) is 1. The van der Waals surface area contributed by atoms with Gasteiger partial charge in [-0.15, -0.1) is 0 Å². The second-order valence-electron chi connectivity index (χ2n) is 3.96. The third kappa shape index (κ3) is 4.12. The summed E-state index contributed by atoms with van der Waals surface area (Å²) in [6.45, 7) is 0. The van der Waals surface area contributed by atoms with Crippen molar-refractivity contribution in [3.8, 4) is 5.75 Å². The summed E-state index contributed by atoms with van der Waals surface area (Å²) in [6, 6.07) is 7.03. The van der Waals surface area contributed by atoms with Gasteiger partial charge in [0.2, 0.25) is 0 Å². The summed E-state index contributed by atoms with van der Waals surface area (Å²) >= 11 is 6.81. The molecule has 1 N–H and O–H groups in total. The Hall–Kier alpha value is -1.73. The average molecular weight is 413 g/mol. The predicted octanol–water partition coefficient (Wildman–Crippen LogP) is 3.38. The highest BCUT2D eigenvalue weighted by molar-refractivity contribution is 9.11. The zero-order chi connectivity index (χ0) is 15.2. The molecule has 7 heteroatoms. The van der Waals surface area contributed by atoms with Crippen molar-refractivity contribution < 1.29 is 9.53 Å². The van der Waals surface area contributed by atoms with Crippen LogP contribution in [0.5, 0.6) is 5.75 Å². The normalized spacial score (nSPS) is 10.6. The molecule has 0 aliphatic carbocycles. The molecular weight excluding hydrogens is 402 g/mol. The molecule has 1 heterocycles. The van der Waals surface area contributed by atoms with E-state index in [1.807, 2.05) is 12.1 Å². The van der Waals surface area contributed by atoms with Gasteiger partial charge in [0.05, 0.1) is 27.8 Å². The lowest BCUT2D eigenvalue weighted by Crippen LogP contribution is -2.17. The minimum Gasteiger partial charge on any atom is -0.494 e. The summed E-state index contributed by atoms with van der Waals surface area (Å²) < 4.78 is 6.80. The Kier molecular flexibility index (Phi) is 5.46. The van der Waals surface area contributed by atoms with E-state index in [2.05, 4.69) is 47.4 Å². The molecule has 21 heavy (non-hydrogen) atoms. The number of carbonyl (C=O) groups is 1. The summed E-state index contributed by atoms with van der Waals surface area (Å²) in [6.07, 6.45) is 4.63. The molecule has 1 aromatic carbocycles. The van der Waals surface area contributed by atoms with Crippen molar-refractivity contribution >= 4 is 44.0 Å². The topological polar surface area (TPSA) is 63.6 Å². The van der Waals surface area contributed by atoms with Gasteiger partial charge in [-0.05, 0) is 61.7 Å². The molecule has 0 fully saturated rings. The molecule has 108 valence electrons. The maximum Gasteiger partial charge on any atom is 0.272 e. The molecule has 0 spiro atoms. The van der Waals surface area contributed by atoms with Crippen LogP contribution in [0.25, 0.3) is 0 Å². The standard InChI is InChI=1S/C14H11Br2N3O2/c1-21-13-11(15)5-9(6-12(13)16)7-18-19-14(20)10-3-2-4-17-8-10/h2-8H,1H3,(H,19,20)/b18-7-. The quantitative estimate of drug-likeness (QED) is 0.618. The summed E-state index contributed by atoms with van der Waals surface area (Å²) in [4.78, 5) is 15.6. The molecule has 1 amide bonds. The summed E-state index contributed by atoms with van der Waals surface area (Å²) in [5.41, 5.74) is 3.70. The molecular formula is C14H11Br2N3O2. The van der Waals surface area contributed by atoms with Gasteiger partial charge >= 0.3 is 0 Å². The lowest BCUT2D eigenvalue weighted by molar-refractivity contribution is 0.0955. The van der Waals surface area contributed by atoms with Crippen LogP contribution in [0.4, 0.5) is 0 Å². The lowest BCUT2D eigenvalue weighted by Gasteiger charge is -2.06. The van der Waals surface area contributed by atoms with Crippen LogP contribution >= 0.6 is 31.9 Å². The zero-order valence-electron chi connectivity index (χ0n) is 11.0. The van der Waals surface area contributed by atoms with Crippen LogP contribution in [-0.4, -0.2) is 24.2 Å². The molecule has 0 unspecified atom stereocenters. The number of halogens is 2. The summed E-state index contributed by atoms with van der Waals surface area (Å²) in [5, 5.41) is 3.92. The number of rotatable bonds is 4. The molecule has 5 nitrogen and oxygen atoms in total. The van der Waals surface area contributed by atoms with Gasteiger partial charge < -0.3 is 4.74 Å². The Labute approximate surface area is 138 Å². The van der Waals surface area contributed by atoms with E-state index in [0.717, 1.165) is 14.5 Å². The van der Waals surface area contributed by atoms with Crippen molar-refractivity contribution in [2.75, 3.05) is 7.11 Å². The average Bonchev–Trinajstić information content (AvgIpc) is 2.48. The number of methoxy groups -OCH3 is 1. The van der Waals surface area contributed by atoms with Crippen molar-refractivity contribution in [2.45, 2.75) is 0 Å². The molecule has 0 radical (unpaired) electrons. The summed E-state index contributed by atoms with van der Waals surface area (Å²) in [7, 11) is 1.59. The maximum absolute atomic E-state index is 11.8. The largest absolute Gasteiger partial charge is 0.494 e. The maximum atomic E-state index is 11.8. The number of ether oxygens (including phenoxy) is 1. The number of hydrogen-bond acceptors (Lipinski definition) is 4. The van der Waals surface area contributed by atoms with Crippen LogP contribution in [0, 0.1) is 0 Å². The van der Waals surface area contributed by atoms with Crippen molar-refractivity contribution in [3.05, 3.63) is 56.7 Å². The molecule has 0 saturated heterocycles. The van der Waals surface area contributed by atoms with Gasteiger partial charge in [-0.25, -0.2) is 5.43 Å². The first-order chi connectivity index (χ1) is 10.1. The lowest BCUT2D eigenvalue weighted by atomic mass is 10.2. The van der Waals surface area contributed by atoms with Gasteiger partial charge in [0.25, 0.3) is 5.91 Å². The van der Waals surface area contributed by atoms with Crippen molar-refractivity contribution in [1.82, 2.24) is 10.4 Å². The van der Waals surface area contributed by atoms with Gasteiger partial charge in [-0.3, -0.25) is 9.78 Å². The first-order valence-electron chi connectivity index (χ1n) is 5.88. The van der Waals surface area contributed by atoms with Crippen molar-refractivity contribution in [2.24, 2.45) is 5.10 Å². The molecule has 0 atom stereocenters. The number of amides is 1. The van der Waals surface area contributed by atoms with Crippen LogP contribution in [0.15, 0.2) is 50.7 Å². The van der Waals surface area contributed by atoms with Crippen molar-refractivity contribution in [3.63, 3.8) is 0 Å². The SMILES string of the molecule is COc1c(Br)cc(/C=N\NC(=O)c2cccnc2)cc1Br. The van der Waals surface area contributed by atoms with E-state index in [0.29, 0.717) is 11.3 Å². The van der Waals surface area contributed by atoms with E-state index in [-0.39, 0.29) is 5.91 Å². The smallest absolute Gasteiger partial charge is 0.272 e. The minimum atomic E-state index is -0.314. The minimum absolute atomic E-state index is 0.314. The molecule has 0 aliphatic rings. The highest BCUT2D eigenvalue weighted by Gasteiger charge is 2.07. The highest BCUT2D eigenvalue weighted by atomic mass is 79.9. The fraction of sp³-hybridized carbons (Fsp3) is 0.0714. The molecule has 1 aromatic heterocycles. The number of pyridine rings is 1. The number of nitrogens with one attached hydrogen (secondary N) is 1. The van der Waals surface area contributed by atoms with E-state index in [1.54, 1.807) is 31.7 Å². The molecule has 0 aliphatic heterocycles. The first kappa shape index (κ1) is 15.7. The van der Waals surface area contributed by atoms with Crippen LogP contribution in [0.3, 0.4) is 0 Å². The molecule has 0 saturated carbocycles. The monoisotopic (exact) mass is 411 g/mol. The van der Waals surface area contributed by atoms with Gasteiger partial charge in [-0.2, -0.15) is 5.10 Å². The predicted molar refractivity (Wildman–Crippen MR) is 87.7 cm³/mol. The Bertz CT molecular complexity index is 652. The second kappa shape index (κ2) is 7.33. The Morgan fingerprint density at radius 1 is 1.38 bits per heavy atom. The van der Waals surface area contributed by atoms with Crippen LogP contribution in [-0.2, 0) is 0 Å². The number of hydrazone groups is 1. The fourth-order valence-electron chi connectivity index (χ4n) is 1.58. The van der Waals surface area contributed by atoms with Crippen molar-refractivity contribution in [1.29, 1.82) is 0 Å². The third-order valence-corrected chi connectivity index (χ3v) is 3.71. The van der Waals surface area contributed by atoms with Crippen LogP contribution < -0.4 is 10.2 Å². The molecule has 0 bridgehead atoms. The van der Waals surface area contributed by atoms with Crippen LogP contribution in [0.1, 0.15) is 15.9 Å². The number of aromatic nitrogens is 1. The van der Waals surface area contributed by atoms with Crippen LogP contribution in [0.2, 0.25) is 0 Å². The van der Waals surface area contributed by atoms with E-state index in [1.165, 1.54) is 6.20 Å². The second-order valence-corrected chi connectivity index (χ2v) is 5.67. The van der Waals surface area contributed by atoms with Gasteiger partial charge in [0.1, 0.15) is 5.75 Å². The number of benzene rings is 1. The van der Waals surface area contributed by atoms with E-state index < -0.39 is 0 Å². The molecule has 2 aromatic rings. The number of nitrogens with zero attached hydrogens (tertiary/aromatic N) is 2. The Balaban J connectivity index is 2.07. The zero-order valence-corrected chi connectivity index (χ0v) is 14.2. The van der Waals surface area contributed by atoms with E-state index in [4.69, 9.17) is 4.74 Å². The van der Waals surface area contributed by atoms with Gasteiger partial charge in [-0.1, -0.05) is 0 Å². The Morgan fingerprint density at radius 2 is 2.10 bits per heavy atom. The highest BCUT2D eigenvalue weighted by Crippen LogP contribution is 2.33. The first-order valence-corrected chi connectivity index (χ1v) is 7.47. The fourth-order valence-corrected chi connectivity index (χ4v) is 3.12.